The summed E-state index contributed by atoms with van der Waals surface area (Å²) in [5.74, 6) is 2.02. The van der Waals surface area contributed by atoms with Gasteiger partial charge < -0.3 is 0 Å². The van der Waals surface area contributed by atoms with Crippen molar-refractivity contribution < 1.29 is 0 Å². The lowest BCUT2D eigenvalue weighted by molar-refractivity contribution is 0.262. The zero-order valence-corrected chi connectivity index (χ0v) is 6.98. The molecule has 0 heteroatoms. The molecule has 2 atom stereocenters. The molecule has 0 radical (unpaired) electrons. The zero-order valence-electron chi connectivity index (χ0n) is 6.98. The molecular formula is C10H16. The number of allylic oxidation sites excluding steroid dienone is 2. The summed E-state index contributed by atoms with van der Waals surface area (Å²) >= 11 is 0. The maximum atomic E-state index is 2.32. The Labute approximate surface area is 63.3 Å². The Morgan fingerprint density at radius 2 is 1.30 bits per heavy atom. The highest BCUT2D eigenvalue weighted by Crippen LogP contribution is 2.48. The van der Waals surface area contributed by atoms with Crippen LogP contribution in [-0.2, 0) is 0 Å². The zero-order chi connectivity index (χ0) is 7.14. The van der Waals surface area contributed by atoms with Crippen LogP contribution in [0.25, 0.3) is 0 Å². The molecule has 56 valence electrons. The van der Waals surface area contributed by atoms with Crippen molar-refractivity contribution in [1.29, 1.82) is 0 Å². The maximum Gasteiger partial charge on any atom is -0.0138 e. The minimum atomic E-state index is 1.01. The van der Waals surface area contributed by atoms with E-state index in [2.05, 4.69) is 13.8 Å². The van der Waals surface area contributed by atoms with Crippen molar-refractivity contribution in [1.82, 2.24) is 0 Å². The molecule has 2 rings (SSSR count). The van der Waals surface area contributed by atoms with Gasteiger partial charge in [-0.1, -0.05) is 24.0 Å². The third-order valence-corrected chi connectivity index (χ3v) is 3.50. The molecule has 0 bridgehead atoms. The van der Waals surface area contributed by atoms with Gasteiger partial charge in [-0.25, -0.2) is 0 Å². The fourth-order valence-corrected chi connectivity index (χ4v) is 2.66. The van der Waals surface area contributed by atoms with Crippen LogP contribution >= 0.6 is 0 Å². The molecule has 0 amide bonds. The van der Waals surface area contributed by atoms with Crippen LogP contribution in [0.4, 0.5) is 0 Å². The van der Waals surface area contributed by atoms with Crippen LogP contribution in [0.15, 0.2) is 11.1 Å². The Morgan fingerprint density at radius 3 is 1.70 bits per heavy atom. The average Bonchev–Trinajstić information content (AvgIpc) is 2.03. The van der Waals surface area contributed by atoms with E-state index >= 15 is 0 Å². The van der Waals surface area contributed by atoms with E-state index in [4.69, 9.17) is 0 Å². The lowest BCUT2D eigenvalue weighted by Crippen LogP contribution is -2.31. The summed E-state index contributed by atoms with van der Waals surface area (Å²) in [6.07, 6.45) is 5.92. The largest absolute Gasteiger partial charge is 0.0704 e. The van der Waals surface area contributed by atoms with E-state index in [-0.39, 0.29) is 0 Å². The molecule has 0 aromatic rings. The van der Waals surface area contributed by atoms with Gasteiger partial charge in [0.05, 0.1) is 0 Å². The Bertz CT molecular complexity index is 156. The number of hydrogen-bond donors (Lipinski definition) is 0. The molecular weight excluding hydrogens is 120 g/mol. The summed E-state index contributed by atoms with van der Waals surface area (Å²) in [6, 6.07) is 0. The van der Waals surface area contributed by atoms with Crippen molar-refractivity contribution in [3.05, 3.63) is 11.1 Å². The van der Waals surface area contributed by atoms with Crippen molar-refractivity contribution in [2.75, 3.05) is 0 Å². The van der Waals surface area contributed by atoms with Gasteiger partial charge in [-0.2, -0.15) is 0 Å². The quantitative estimate of drug-likeness (QED) is 0.449. The van der Waals surface area contributed by atoms with Gasteiger partial charge in [-0.3, -0.25) is 0 Å². The molecule has 10 heavy (non-hydrogen) atoms. The first-order valence-corrected chi connectivity index (χ1v) is 4.48. The monoisotopic (exact) mass is 136 g/mol. The highest BCUT2D eigenvalue weighted by molar-refractivity contribution is 5.29. The predicted octanol–water partition coefficient (Wildman–Crippen LogP) is 3.14. The van der Waals surface area contributed by atoms with Gasteiger partial charge in [0.2, 0.25) is 0 Å². The molecule has 2 aliphatic carbocycles. The molecule has 2 unspecified atom stereocenters. The summed E-state index contributed by atoms with van der Waals surface area (Å²) < 4.78 is 0. The summed E-state index contributed by atoms with van der Waals surface area (Å²) in [4.78, 5) is 0. The maximum absolute atomic E-state index is 2.32. The summed E-state index contributed by atoms with van der Waals surface area (Å²) in [6.45, 7) is 4.64. The van der Waals surface area contributed by atoms with Gasteiger partial charge in [0.25, 0.3) is 0 Å². The van der Waals surface area contributed by atoms with Crippen LogP contribution in [0.2, 0.25) is 0 Å². The molecule has 0 spiro atoms. The van der Waals surface area contributed by atoms with E-state index in [0.717, 1.165) is 11.8 Å². The van der Waals surface area contributed by atoms with Crippen molar-refractivity contribution >= 4 is 0 Å². The molecule has 2 aliphatic rings. The molecule has 0 nitrogen and oxygen atoms in total. The van der Waals surface area contributed by atoms with Gasteiger partial charge in [-0.05, 0) is 38.5 Å². The SMILES string of the molecule is CC1=C(C)C2CCCCC12. The second kappa shape index (κ2) is 2.11. The minimum absolute atomic E-state index is 1.01. The third kappa shape index (κ3) is 0.680. The molecule has 0 aliphatic heterocycles. The standard InChI is InChI=1S/C10H16/c1-7-8(2)10-6-4-3-5-9(7)10/h9-10H,3-6H2,1-2H3. The van der Waals surface area contributed by atoms with E-state index in [1.165, 1.54) is 25.7 Å². The fourth-order valence-electron chi connectivity index (χ4n) is 2.66. The summed E-state index contributed by atoms with van der Waals surface area (Å²) in [7, 11) is 0. The first kappa shape index (κ1) is 6.45. The van der Waals surface area contributed by atoms with Crippen LogP contribution in [0.3, 0.4) is 0 Å². The number of fused-ring (bicyclic) bond motifs is 1. The van der Waals surface area contributed by atoms with Crippen LogP contribution in [0, 0.1) is 11.8 Å². The van der Waals surface area contributed by atoms with Gasteiger partial charge >= 0.3 is 0 Å². The molecule has 0 heterocycles. The lowest BCUT2D eigenvalue weighted by Gasteiger charge is -2.43. The molecule has 1 fully saturated rings. The van der Waals surface area contributed by atoms with Crippen LogP contribution in [0.1, 0.15) is 39.5 Å². The van der Waals surface area contributed by atoms with E-state index in [0.29, 0.717) is 0 Å². The highest BCUT2D eigenvalue weighted by Gasteiger charge is 2.36. The third-order valence-electron chi connectivity index (χ3n) is 3.50. The number of hydrogen-bond acceptors (Lipinski definition) is 0. The Kier molecular flexibility index (Phi) is 1.36. The van der Waals surface area contributed by atoms with Crippen LogP contribution in [0.5, 0.6) is 0 Å². The number of rotatable bonds is 0. The second-order valence-corrected chi connectivity index (χ2v) is 3.86. The Hall–Kier alpha value is -0.260. The fraction of sp³-hybridized carbons (Fsp3) is 0.800. The Balaban J connectivity index is 2.16. The summed E-state index contributed by atoms with van der Waals surface area (Å²) in [5.41, 5.74) is 3.43. The van der Waals surface area contributed by atoms with Gasteiger partial charge in [0, 0.05) is 0 Å². The predicted molar refractivity (Wildman–Crippen MR) is 43.8 cm³/mol. The topological polar surface area (TPSA) is 0 Å². The molecule has 0 N–H and O–H groups in total. The molecule has 0 aromatic carbocycles. The molecule has 1 saturated carbocycles. The molecule has 0 saturated heterocycles. The van der Waals surface area contributed by atoms with E-state index < -0.39 is 0 Å². The van der Waals surface area contributed by atoms with E-state index in [1.54, 1.807) is 11.1 Å². The first-order valence-electron chi connectivity index (χ1n) is 4.48. The lowest BCUT2D eigenvalue weighted by atomic mass is 9.62. The van der Waals surface area contributed by atoms with Crippen molar-refractivity contribution in [3.63, 3.8) is 0 Å². The van der Waals surface area contributed by atoms with Gasteiger partial charge in [0.15, 0.2) is 0 Å². The van der Waals surface area contributed by atoms with Crippen LogP contribution < -0.4 is 0 Å². The average molecular weight is 136 g/mol. The Morgan fingerprint density at radius 1 is 0.900 bits per heavy atom. The minimum Gasteiger partial charge on any atom is -0.0704 e. The summed E-state index contributed by atoms with van der Waals surface area (Å²) in [5, 5.41) is 0. The second-order valence-electron chi connectivity index (χ2n) is 3.86. The normalized spacial score (nSPS) is 39.0. The van der Waals surface area contributed by atoms with Gasteiger partial charge in [0.1, 0.15) is 0 Å². The van der Waals surface area contributed by atoms with E-state index in [1.807, 2.05) is 0 Å². The van der Waals surface area contributed by atoms with Crippen LogP contribution in [-0.4, -0.2) is 0 Å². The van der Waals surface area contributed by atoms with Crippen molar-refractivity contribution in [3.8, 4) is 0 Å². The van der Waals surface area contributed by atoms with Crippen molar-refractivity contribution in [2.45, 2.75) is 39.5 Å². The highest BCUT2D eigenvalue weighted by atomic mass is 14.4. The van der Waals surface area contributed by atoms with Gasteiger partial charge in [-0.15, -0.1) is 0 Å². The smallest absolute Gasteiger partial charge is 0.0138 e. The van der Waals surface area contributed by atoms with Crippen molar-refractivity contribution in [2.24, 2.45) is 11.8 Å². The first-order chi connectivity index (χ1) is 4.80. The van der Waals surface area contributed by atoms with E-state index in [9.17, 15) is 0 Å². The molecule has 0 aromatic heterocycles.